The molecule has 0 saturated heterocycles. The Labute approximate surface area is 142 Å². The average molecular weight is 316 g/mol. The van der Waals surface area contributed by atoms with Crippen LogP contribution in [0.15, 0.2) is 60.7 Å². The summed E-state index contributed by atoms with van der Waals surface area (Å²) in [6, 6.07) is 21.6. The molecule has 2 N–H and O–H groups in total. The SMILES string of the molecule is c1ccc2[nH]c(CCCCCCc3cc4ccccc4[nH]3)cc2c1. The second kappa shape index (κ2) is 6.96. The molecule has 2 heteroatoms. The Balaban J connectivity index is 1.20. The predicted octanol–water partition coefficient (Wildman–Crippen LogP) is 5.99. The van der Waals surface area contributed by atoms with Crippen LogP contribution >= 0.6 is 0 Å². The Bertz CT molecular complexity index is 785. The lowest BCUT2D eigenvalue weighted by Crippen LogP contribution is -1.88. The van der Waals surface area contributed by atoms with Gasteiger partial charge in [-0.25, -0.2) is 0 Å². The summed E-state index contributed by atoms with van der Waals surface area (Å²) >= 11 is 0. The van der Waals surface area contributed by atoms with Crippen LogP contribution in [0.25, 0.3) is 21.8 Å². The molecule has 0 fully saturated rings. The Morgan fingerprint density at radius 2 is 1.00 bits per heavy atom. The van der Waals surface area contributed by atoms with E-state index in [2.05, 4.69) is 70.6 Å². The fourth-order valence-electron chi connectivity index (χ4n) is 3.52. The van der Waals surface area contributed by atoms with Crippen molar-refractivity contribution in [2.75, 3.05) is 0 Å². The molecule has 0 spiro atoms. The highest BCUT2D eigenvalue weighted by Crippen LogP contribution is 2.18. The summed E-state index contributed by atoms with van der Waals surface area (Å²) in [5, 5.41) is 2.65. The minimum atomic E-state index is 1.15. The summed E-state index contributed by atoms with van der Waals surface area (Å²) < 4.78 is 0. The van der Waals surface area contributed by atoms with Crippen molar-refractivity contribution in [3.63, 3.8) is 0 Å². The van der Waals surface area contributed by atoms with E-state index in [-0.39, 0.29) is 0 Å². The number of hydrogen-bond acceptors (Lipinski definition) is 0. The highest BCUT2D eigenvalue weighted by molar-refractivity contribution is 5.80. The van der Waals surface area contributed by atoms with Crippen LogP contribution in [0.4, 0.5) is 0 Å². The molecular weight excluding hydrogens is 292 g/mol. The molecule has 2 aromatic carbocycles. The van der Waals surface area contributed by atoms with E-state index < -0.39 is 0 Å². The van der Waals surface area contributed by atoms with Gasteiger partial charge in [-0.1, -0.05) is 49.2 Å². The Kier molecular flexibility index (Phi) is 4.37. The summed E-state index contributed by atoms with van der Waals surface area (Å²) in [4.78, 5) is 7.04. The van der Waals surface area contributed by atoms with Gasteiger partial charge in [0.1, 0.15) is 0 Å². The third-order valence-corrected chi connectivity index (χ3v) is 4.81. The van der Waals surface area contributed by atoms with Gasteiger partial charge in [0.05, 0.1) is 0 Å². The van der Waals surface area contributed by atoms with Crippen LogP contribution < -0.4 is 0 Å². The van der Waals surface area contributed by atoms with E-state index in [1.807, 2.05) is 0 Å². The van der Waals surface area contributed by atoms with Gasteiger partial charge in [0, 0.05) is 22.4 Å². The normalized spacial score (nSPS) is 11.5. The maximum atomic E-state index is 3.52. The molecule has 0 atom stereocenters. The molecule has 2 aromatic heterocycles. The molecule has 0 amide bonds. The van der Waals surface area contributed by atoms with E-state index in [1.54, 1.807) is 0 Å². The van der Waals surface area contributed by atoms with Gasteiger partial charge in [-0.2, -0.15) is 0 Å². The largest absolute Gasteiger partial charge is 0.358 e. The molecule has 4 rings (SSSR count). The van der Waals surface area contributed by atoms with Crippen molar-refractivity contribution in [3.05, 3.63) is 72.1 Å². The molecule has 4 aromatic rings. The fraction of sp³-hybridized carbons (Fsp3) is 0.273. The molecule has 24 heavy (non-hydrogen) atoms. The molecule has 0 bridgehead atoms. The number of unbranched alkanes of at least 4 members (excludes halogenated alkanes) is 3. The molecular formula is C22H24N2. The van der Waals surface area contributed by atoms with Crippen LogP contribution in [0.2, 0.25) is 0 Å². The summed E-state index contributed by atoms with van der Waals surface area (Å²) in [6.07, 6.45) is 7.44. The first-order valence-electron chi connectivity index (χ1n) is 9.02. The van der Waals surface area contributed by atoms with E-state index in [1.165, 1.54) is 58.9 Å². The number of rotatable bonds is 7. The van der Waals surface area contributed by atoms with Gasteiger partial charge in [-0.15, -0.1) is 0 Å². The predicted molar refractivity (Wildman–Crippen MR) is 102 cm³/mol. The van der Waals surface area contributed by atoms with E-state index in [4.69, 9.17) is 0 Å². The molecule has 0 aliphatic heterocycles. The maximum Gasteiger partial charge on any atom is 0.0456 e. The minimum Gasteiger partial charge on any atom is -0.358 e. The number of benzene rings is 2. The van der Waals surface area contributed by atoms with Crippen molar-refractivity contribution in [2.24, 2.45) is 0 Å². The van der Waals surface area contributed by atoms with Gasteiger partial charge in [0.2, 0.25) is 0 Å². The van der Waals surface area contributed by atoms with Crippen LogP contribution in [-0.4, -0.2) is 9.97 Å². The number of fused-ring (bicyclic) bond motifs is 2. The van der Waals surface area contributed by atoms with Crippen molar-refractivity contribution in [3.8, 4) is 0 Å². The number of aryl methyl sites for hydroxylation is 2. The Morgan fingerprint density at radius 1 is 0.542 bits per heavy atom. The Morgan fingerprint density at radius 3 is 1.46 bits per heavy atom. The highest BCUT2D eigenvalue weighted by atomic mass is 14.7. The van der Waals surface area contributed by atoms with Gasteiger partial charge >= 0.3 is 0 Å². The quantitative estimate of drug-likeness (QED) is 0.392. The second-order valence-electron chi connectivity index (χ2n) is 6.68. The van der Waals surface area contributed by atoms with Crippen LogP contribution in [0.5, 0.6) is 0 Å². The van der Waals surface area contributed by atoms with Crippen molar-refractivity contribution in [2.45, 2.75) is 38.5 Å². The topological polar surface area (TPSA) is 31.6 Å². The van der Waals surface area contributed by atoms with Gasteiger partial charge in [0.15, 0.2) is 0 Å². The van der Waals surface area contributed by atoms with E-state index in [0.29, 0.717) is 0 Å². The standard InChI is InChI=1S/C22H24N2/c1(3-11-19-15-17-9-5-7-13-21(17)23-19)2-4-12-20-16-18-10-6-8-14-22(18)24-20/h5-10,13-16,23-24H,1-4,11-12H2. The molecule has 2 nitrogen and oxygen atoms in total. The average Bonchev–Trinajstić information content (AvgIpc) is 3.20. The lowest BCUT2D eigenvalue weighted by molar-refractivity contribution is 0.634. The number of para-hydroxylation sites is 2. The Hall–Kier alpha value is -2.48. The molecule has 2 heterocycles. The first-order chi connectivity index (χ1) is 11.9. The molecule has 0 saturated carbocycles. The molecule has 0 aliphatic rings. The third-order valence-electron chi connectivity index (χ3n) is 4.81. The first kappa shape index (κ1) is 15.1. The number of hydrogen-bond donors (Lipinski definition) is 2. The van der Waals surface area contributed by atoms with Crippen LogP contribution in [-0.2, 0) is 12.8 Å². The molecule has 0 unspecified atom stereocenters. The van der Waals surface area contributed by atoms with Crippen molar-refractivity contribution >= 4 is 21.8 Å². The van der Waals surface area contributed by atoms with Gasteiger partial charge in [0.25, 0.3) is 0 Å². The number of aromatic amines is 2. The fourth-order valence-corrected chi connectivity index (χ4v) is 3.52. The lowest BCUT2D eigenvalue weighted by Gasteiger charge is -2.00. The zero-order valence-corrected chi connectivity index (χ0v) is 14.0. The minimum absolute atomic E-state index is 1.15. The summed E-state index contributed by atoms with van der Waals surface area (Å²) in [5.74, 6) is 0. The number of H-pyrrole nitrogens is 2. The van der Waals surface area contributed by atoms with E-state index >= 15 is 0 Å². The summed E-state index contributed by atoms with van der Waals surface area (Å²) in [7, 11) is 0. The van der Waals surface area contributed by atoms with Crippen LogP contribution in [0.1, 0.15) is 37.1 Å². The van der Waals surface area contributed by atoms with E-state index in [0.717, 1.165) is 12.8 Å². The number of aromatic nitrogens is 2. The molecule has 0 aliphatic carbocycles. The summed E-state index contributed by atoms with van der Waals surface area (Å²) in [5.41, 5.74) is 5.25. The van der Waals surface area contributed by atoms with Gasteiger partial charge in [-0.3, -0.25) is 0 Å². The molecule has 122 valence electrons. The molecule has 0 radical (unpaired) electrons. The van der Waals surface area contributed by atoms with Crippen LogP contribution in [0.3, 0.4) is 0 Å². The monoisotopic (exact) mass is 316 g/mol. The van der Waals surface area contributed by atoms with Gasteiger partial charge in [-0.05, 0) is 60.7 Å². The lowest BCUT2D eigenvalue weighted by atomic mass is 10.1. The van der Waals surface area contributed by atoms with Crippen molar-refractivity contribution < 1.29 is 0 Å². The maximum absolute atomic E-state index is 3.52. The van der Waals surface area contributed by atoms with E-state index in [9.17, 15) is 0 Å². The van der Waals surface area contributed by atoms with Crippen molar-refractivity contribution in [1.82, 2.24) is 9.97 Å². The van der Waals surface area contributed by atoms with Crippen LogP contribution in [0, 0.1) is 0 Å². The van der Waals surface area contributed by atoms with Gasteiger partial charge < -0.3 is 9.97 Å². The first-order valence-corrected chi connectivity index (χ1v) is 9.02. The summed E-state index contributed by atoms with van der Waals surface area (Å²) in [6.45, 7) is 0. The number of nitrogens with one attached hydrogen (secondary N) is 2. The van der Waals surface area contributed by atoms with Crippen molar-refractivity contribution in [1.29, 1.82) is 0 Å². The highest BCUT2D eigenvalue weighted by Gasteiger charge is 2.02. The zero-order chi connectivity index (χ0) is 16.2. The third kappa shape index (κ3) is 3.38. The zero-order valence-electron chi connectivity index (χ0n) is 14.0. The smallest absolute Gasteiger partial charge is 0.0456 e. The second-order valence-corrected chi connectivity index (χ2v) is 6.68.